The van der Waals surface area contributed by atoms with Crippen molar-refractivity contribution in [1.82, 2.24) is 4.98 Å². The van der Waals surface area contributed by atoms with Crippen molar-refractivity contribution in [3.63, 3.8) is 0 Å². The molecule has 4 heteroatoms. The molecule has 0 amide bonds. The van der Waals surface area contributed by atoms with Gasteiger partial charge in [-0.3, -0.25) is 4.79 Å². The van der Waals surface area contributed by atoms with Gasteiger partial charge >= 0.3 is 0 Å². The maximum absolute atomic E-state index is 11.7. The summed E-state index contributed by atoms with van der Waals surface area (Å²) in [6, 6.07) is 9.43. The molecule has 0 unspecified atom stereocenters. The lowest BCUT2D eigenvalue weighted by Crippen LogP contribution is -2.14. The van der Waals surface area contributed by atoms with Crippen molar-refractivity contribution in [3.8, 4) is 0 Å². The van der Waals surface area contributed by atoms with E-state index < -0.39 is 0 Å². The molecule has 2 rings (SSSR count). The fourth-order valence-electron chi connectivity index (χ4n) is 1.96. The second-order valence-electron chi connectivity index (χ2n) is 4.50. The van der Waals surface area contributed by atoms with Gasteiger partial charge in [-0.2, -0.15) is 0 Å². The molecule has 1 aromatic heterocycles. The van der Waals surface area contributed by atoms with Gasteiger partial charge in [0, 0.05) is 16.9 Å². The van der Waals surface area contributed by atoms with Crippen LogP contribution < -0.4 is 10.9 Å². The fraction of sp³-hybridized carbons (Fsp3) is 0.267. The van der Waals surface area contributed by atoms with Crippen LogP contribution in [0.3, 0.4) is 0 Å². The second-order valence-corrected chi connectivity index (χ2v) is 4.50. The average Bonchev–Trinajstić information content (AvgIpc) is 2.42. The van der Waals surface area contributed by atoms with E-state index in [0.29, 0.717) is 6.42 Å². The van der Waals surface area contributed by atoms with Crippen LogP contribution in [0.1, 0.15) is 23.7 Å². The molecule has 100 valence electrons. The topological polar surface area (TPSA) is 65.1 Å². The first-order valence-corrected chi connectivity index (χ1v) is 6.33. The molecule has 0 fully saturated rings. The monoisotopic (exact) mass is 258 g/mol. The van der Waals surface area contributed by atoms with Crippen LogP contribution in [-0.4, -0.2) is 10.1 Å². The standard InChI is InChI=1S/C15H18N2O2/c1-3-12-8-14(10(2)16-15(12)19)17-13-6-4-5-11(7-13)9-18/h4-8,17-18H,3,9H2,1-2H3,(H,16,19). The van der Waals surface area contributed by atoms with Crippen molar-refractivity contribution in [2.45, 2.75) is 26.9 Å². The van der Waals surface area contributed by atoms with Crippen LogP contribution in [0.15, 0.2) is 35.1 Å². The molecule has 19 heavy (non-hydrogen) atoms. The number of hydrogen-bond donors (Lipinski definition) is 3. The molecular weight excluding hydrogens is 240 g/mol. The molecule has 0 spiro atoms. The molecule has 0 atom stereocenters. The van der Waals surface area contributed by atoms with Gasteiger partial charge in [0.2, 0.25) is 0 Å². The lowest BCUT2D eigenvalue weighted by atomic mass is 10.1. The van der Waals surface area contributed by atoms with Crippen molar-refractivity contribution in [2.24, 2.45) is 0 Å². The summed E-state index contributed by atoms with van der Waals surface area (Å²) in [7, 11) is 0. The van der Waals surface area contributed by atoms with Gasteiger partial charge in [-0.25, -0.2) is 0 Å². The zero-order valence-corrected chi connectivity index (χ0v) is 11.2. The highest BCUT2D eigenvalue weighted by molar-refractivity contribution is 5.62. The van der Waals surface area contributed by atoms with Crippen LogP contribution in [0.25, 0.3) is 0 Å². The Bertz CT molecular complexity index is 632. The van der Waals surface area contributed by atoms with Gasteiger partial charge in [0.1, 0.15) is 0 Å². The van der Waals surface area contributed by atoms with Crippen molar-refractivity contribution in [2.75, 3.05) is 5.32 Å². The number of rotatable bonds is 4. The summed E-state index contributed by atoms with van der Waals surface area (Å²) in [5.41, 5.74) is 4.15. The Hall–Kier alpha value is -2.07. The van der Waals surface area contributed by atoms with E-state index >= 15 is 0 Å². The predicted octanol–water partition coefficient (Wildman–Crippen LogP) is 2.48. The second kappa shape index (κ2) is 5.71. The molecule has 4 nitrogen and oxygen atoms in total. The van der Waals surface area contributed by atoms with Gasteiger partial charge in [-0.05, 0) is 37.1 Å². The van der Waals surface area contributed by atoms with Gasteiger partial charge in [0.05, 0.1) is 12.3 Å². The van der Waals surface area contributed by atoms with Crippen LogP contribution in [0, 0.1) is 6.92 Å². The number of pyridine rings is 1. The summed E-state index contributed by atoms with van der Waals surface area (Å²) in [6.07, 6.45) is 0.695. The Kier molecular flexibility index (Phi) is 4.02. The third-order valence-electron chi connectivity index (χ3n) is 3.08. The third kappa shape index (κ3) is 3.03. The minimum absolute atomic E-state index is 0.0142. The normalized spacial score (nSPS) is 10.5. The van der Waals surface area contributed by atoms with E-state index in [0.717, 1.165) is 28.2 Å². The zero-order chi connectivity index (χ0) is 13.8. The number of anilines is 2. The molecule has 1 heterocycles. The molecule has 0 aliphatic heterocycles. The minimum atomic E-state index is -0.0327. The van der Waals surface area contributed by atoms with Gasteiger partial charge in [-0.1, -0.05) is 19.1 Å². The first-order valence-electron chi connectivity index (χ1n) is 6.33. The van der Waals surface area contributed by atoms with Crippen molar-refractivity contribution in [3.05, 3.63) is 57.5 Å². The molecule has 0 radical (unpaired) electrons. The number of aromatic amines is 1. The predicted molar refractivity (Wildman–Crippen MR) is 76.8 cm³/mol. The first-order chi connectivity index (χ1) is 9.13. The molecule has 0 aliphatic rings. The lowest BCUT2D eigenvalue weighted by molar-refractivity contribution is 0.282. The Morgan fingerprint density at radius 1 is 1.32 bits per heavy atom. The van der Waals surface area contributed by atoms with E-state index in [1.807, 2.05) is 44.2 Å². The summed E-state index contributed by atoms with van der Waals surface area (Å²) in [5.74, 6) is 0. The summed E-state index contributed by atoms with van der Waals surface area (Å²) in [5, 5.41) is 12.4. The van der Waals surface area contributed by atoms with E-state index in [2.05, 4.69) is 10.3 Å². The zero-order valence-electron chi connectivity index (χ0n) is 11.2. The highest BCUT2D eigenvalue weighted by atomic mass is 16.3. The molecule has 1 aromatic carbocycles. The smallest absolute Gasteiger partial charge is 0.251 e. The maximum Gasteiger partial charge on any atom is 0.251 e. The summed E-state index contributed by atoms with van der Waals surface area (Å²) in [6.45, 7) is 3.83. The minimum Gasteiger partial charge on any atom is -0.392 e. The molecular formula is C15H18N2O2. The van der Waals surface area contributed by atoms with Crippen LogP contribution in [0.2, 0.25) is 0 Å². The van der Waals surface area contributed by atoms with E-state index in [9.17, 15) is 4.79 Å². The summed E-state index contributed by atoms with van der Waals surface area (Å²) < 4.78 is 0. The van der Waals surface area contributed by atoms with Crippen LogP contribution in [-0.2, 0) is 13.0 Å². The number of aromatic nitrogens is 1. The maximum atomic E-state index is 11.7. The molecule has 3 N–H and O–H groups in total. The van der Waals surface area contributed by atoms with Crippen LogP contribution in [0.4, 0.5) is 11.4 Å². The number of nitrogens with one attached hydrogen (secondary N) is 2. The number of H-pyrrole nitrogens is 1. The molecule has 0 aliphatic carbocycles. The first kappa shape index (κ1) is 13.4. The van der Waals surface area contributed by atoms with Crippen LogP contribution >= 0.6 is 0 Å². The Morgan fingerprint density at radius 2 is 2.11 bits per heavy atom. The molecule has 0 bridgehead atoms. The van der Waals surface area contributed by atoms with Gasteiger partial charge in [0.25, 0.3) is 5.56 Å². The third-order valence-corrected chi connectivity index (χ3v) is 3.08. The number of aryl methyl sites for hydroxylation is 2. The van der Waals surface area contributed by atoms with Gasteiger partial charge in [0.15, 0.2) is 0 Å². The van der Waals surface area contributed by atoms with Crippen molar-refractivity contribution < 1.29 is 5.11 Å². The van der Waals surface area contributed by atoms with E-state index in [4.69, 9.17) is 5.11 Å². The SMILES string of the molecule is CCc1cc(Nc2cccc(CO)c2)c(C)[nH]c1=O. The highest BCUT2D eigenvalue weighted by Gasteiger charge is 2.05. The number of hydrogen-bond acceptors (Lipinski definition) is 3. The molecule has 0 saturated carbocycles. The number of benzene rings is 1. The Labute approximate surface area is 112 Å². The molecule has 2 aromatic rings. The Balaban J connectivity index is 2.34. The van der Waals surface area contributed by atoms with Gasteiger partial charge in [-0.15, -0.1) is 0 Å². The average molecular weight is 258 g/mol. The van der Waals surface area contributed by atoms with E-state index in [-0.39, 0.29) is 12.2 Å². The molecule has 0 saturated heterocycles. The van der Waals surface area contributed by atoms with Gasteiger partial charge < -0.3 is 15.4 Å². The summed E-state index contributed by atoms with van der Waals surface area (Å²) >= 11 is 0. The quantitative estimate of drug-likeness (QED) is 0.789. The fourth-order valence-corrected chi connectivity index (χ4v) is 1.96. The highest BCUT2D eigenvalue weighted by Crippen LogP contribution is 2.20. The van der Waals surface area contributed by atoms with Crippen LogP contribution in [0.5, 0.6) is 0 Å². The number of aliphatic hydroxyl groups is 1. The van der Waals surface area contributed by atoms with Crippen molar-refractivity contribution >= 4 is 11.4 Å². The largest absolute Gasteiger partial charge is 0.392 e. The Morgan fingerprint density at radius 3 is 2.79 bits per heavy atom. The van der Waals surface area contributed by atoms with E-state index in [1.165, 1.54) is 0 Å². The lowest BCUT2D eigenvalue weighted by Gasteiger charge is -2.11. The number of aliphatic hydroxyl groups excluding tert-OH is 1. The van der Waals surface area contributed by atoms with Crippen molar-refractivity contribution in [1.29, 1.82) is 0 Å². The van der Waals surface area contributed by atoms with E-state index in [1.54, 1.807) is 0 Å². The summed E-state index contributed by atoms with van der Waals surface area (Å²) in [4.78, 5) is 14.5.